The summed E-state index contributed by atoms with van der Waals surface area (Å²) in [5, 5.41) is 17.6. The lowest BCUT2D eigenvalue weighted by Crippen LogP contribution is -2.59. The third-order valence-corrected chi connectivity index (χ3v) is 7.58. The Hall–Kier alpha value is -2.38. The van der Waals surface area contributed by atoms with Crippen molar-refractivity contribution in [3.05, 3.63) is 0 Å². The van der Waals surface area contributed by atoms with Gasteiger partial charge in [-0.1, -0.05) is 34.1 Å². The lowest BCUT2D eigenvalue weighted by Gasteiger charge is -2.31. The fraction of sp³-hybridized carbons (Fsp3) is 0.815. The predicted octanol–water partition coefficient (Wildman–Crippen LogP) is 0.428. The molecule has 0 aromatic carbocycles. The quantitative estimate of drug-likeness (QED) is 0.123. The van der Waals surface area contributed by atoms with Crippen molar-refractivity contribution in [2.75, 3.05) is 25.1 Å². The van der Waals surface area contributed by atoms with Crippen LogP contribution in [0.5, 0.6) is 0 Å². The topological polar surface area (TPSA) is 197 Å². The molecule has 0 bridgehead atoms. The molecule has 5 atom stereocenters. The molecule has 40 heavy (non-hydrogen) atoms. The molecule has 230 valence electrons. The molecule has 0 saturated carbocycles. The molecule has 0 aliphatic carbocycles. The molecule has 1 rings (SSSR count). The largest absolute Gasteiger partial charge is 0.480 e. The zero-order valence-corrected chi connectivity index (χ0v) is 25.4. The van der Waals surface area contributed by atoms with Crippen molar-refractivity contribution < 1.29 is 29.1 Å². The summed E-state index contributed by atoms with van der Waals surface area (Å²) in [7, 11) is 0. The molecule has 1 aliphatic rings. The number of hydrogen-bond acceptors (Lipinski definition) is 8. The van der Waals surface area contributed by atoms with E-state index in [0.717, 1.165) is 6.42 Å². The van der Waals surface area contributed by atoms with Crippen LogP contribution in [0.3, 0.4) is 0 Å². The molecule has 0 unspecified atom stereocenters. The van der Waals surface area contributed by atoms with Gasteiger partial charge >= 0.3 is 5.97 Å². The summed E-state index contributed by atoms with van der Waals surface area (Å²) < 4.78 is 0. The number of hydrogen-bond donors (Lipinski definition) is 6. The van der Waals surface area contributed by atoms with E-state index in [1.165, 1.54) is 16.7 Å². The Morgan fingerprint density at radius 1 is 0.975 bits per heavy atom. The van der Waals surface area contributed by atoms with E-state index in [-0.39, 0.29) is 24.2 Å². The highest BCUT2D eigenvalue weighted by molar-refractivity contribution is 7.98. The first-order valence-electron chi connectivity index (χ1n) is 14.2. The van der Waals surface area contributed by atoms with Crippen LogP contribution in [0.15, 0.2) is 0 Å². The van der Waals surface area contributed by atoms with E-state index >= 15 is 0 Å². The number of amides is 4. The van der Waals surface area contributed by atoms with Gasteiger partial charge in [-0.3, -0.25) is 19.2 Å². The monoisotopic (exact) mass is 586 g/mol. The van der Waals surface area contributed by atoms with Gasteiger partial charge in [0.1, 0.15) is 24.2 Å². The number of thioether (sulfide) groups is 1. The predicted molar refractivity (Wildman–Crippen MR) is 156 cm³/mol. The van der Waals surface area contributed by atoms with Gasteiger partial charge in [-0.25, -0.2) is 4.79 Å². The normalized spacial score (nSPS) is 18.2. The Bertz CT molecular complexity index is 857. The number of carboxylic acid groups (broad SMARTS) is 1. The van der Waals surface area contributed by atoms with E-state index in [2.05, 4.69) is 16.0 Å². The number of rotatable bonds is 18. The van der Waals surface area contributed by atoms with Crippen LogP contribution in [0.25, 0.3) is 0 Å². The van der Waals surface area contributed by atoms with Gasteiger partial charge in [0.25, 0.3) is 0 Å². The fourth-order valence-corrected chi connectivity index (χ4v) is 5.12. The van der Waals surface area contributed by atoms with Crippen LogP contribution in [0.4, 0.5) is 0 Å². The van der Waals surface area contributed by atoms with Gasteiger partial charge in [-0.2, -0.15) is 11.8 Å². The molecule has 12 nitrogen and oxygen atoms in total. The maximum atomic E-state index is 13.6. The number of nitrogens with one attached hydrogen (secondary N) is 3. The smallest absolute Gasteiger partial charge is 0.326 e. The second-order valence-corrected chi connectivity index (χ2v) is 12.2. The van der Waals surface area contributed by atoms with Crippen LogP contribution in [-0.2, 0) is 24.0 Å². The van der Waals surface area contributed by atoms with Gasteiger partial charge in [0, 0.05) is 6.54 Å². The van der Waals surface area contributed by atoms with E-state index in [1.54, 1.807) is 13.8 Å². The molecule has 1 fully saturated rings. The number of nitrogens with two attached hydrogens (primary N) is 2. The summed E-state index contributed by atoms with van der Waals surface area (Å²) in [5.74, 6) is -2.64. The van der Waals surface area contributed by atoms with Crippen LogP contribution in [0.2, 0.25) is 0 Å². The van der Waals surface area contributed by atoms with Crippen molar-refractivity contribution in [1.29, 1.82) is 0 Å². The molecular weight excluding hydrogens is 536 g/mol. The second kappa shape index (κ2) is 18.1. The summed E-state index contributed by atoms with van der Waals surface area (Å²) >= 11 is 1.47. The third kappa shape index (κ3) is 11.6. The average molecular weight is 587 g/mol. The highest BCUT2D eigenvalue weighted by atomic mass is 32.2. The molecule has 0 radical (unpaired) electrons. The van der Waals surface area contributed by atoms with Gasteiger partial charge in [-0.05, 0) is 68.9 Å². The van der Waals surface area contributed by atoms with Gasteiger partial charge in [0.2, 0.25) is 23.6 Å². The van der Waals surface area contributed by atoms with Crippen molar-refractivity contribution in [1.82, 2.24) is 20.9 Å². The molecule has 0 aromatic rings. The number of carbonyl (C=O) groups excluding carboxylic acids is 4. The number of carboxylic acids is 1. The Morgan fingerprint density at radius 3 is 2.17 bits per heavy atom. The Morgan fingerprint density at radius 2 is 1.62 bits per heavy atom. The lowest BCUT2D eigenvalue weighted by molar-refractivity contribution is -0.144. The van der Waals surface area contributed by atoms with Crippen molar-refractivity contribution in [3.63, 3.8) is 0 Å². The summed E-state index contributed by atoms with van der Waals surface area (Å²) in [6.07, 6.45) is 5.41. The van der Waals surface area contributed by atoms with E-state index in [1.807, 2.05) is 20.1 Å². The summed E-state index contributed by atoms with van der Waals surface area (Å²) in [6.45, 7) is 8.25. The molecule has 0 spiro atoms. The van der Waals surface area contributed by atoms with E-state index in [0.29, 0.717) is 50.9 Å². The van der Waals surface area contributed by atoms with E-state index < -0.39 is 53.9 Å². The van der Waals surface area contributed by atoms with Crippen LogP contribution in [-0.4, -0.2) is 94.9 Å². The Balaban J connectivity index is 2.98. The summed E-state index contributed by atoms with van der Waals surface area (Å²) in [5.41, 5.74) is 11.6. The number of nitrogens with zero attached hydrogens (tertiary/aromatic N) is 1. The van der Waals surface area contributed by atoms with Gasteiger partial charge in [0.15, 0.2) is 0 Å². The number of unbranched alkanes of at least 4 members (excludes halogenated alkanes) is 1. The van der Waals surface area contributed by atoms with Gasteiger partial charge < -0.3 is 37.4 Å². The van der Waals surface area contributed by atoms with E-state index in [9.17, 15) is 29.1 Å². The van der Waals surface area contributed by atoms with Crippen LogP contribution in [0.1, 0.15) is 72.6 Å². The summed E-state index contributed by atoms with van der Waals surface area (Å²) in [4.78, 5) is 65.8. The molecule has 1 saturated heterocycles. The molecule has 0 aromatic heterocycles. The molecule has 13 heteroatoms. The van der Waals surface area contributed by atoms with Crippen molar-refractivity contribution in [2.45, 2.75) is 103 Å². The van der Waals surface area contributed by atoms with Crippen LogP contribution in [0, 0.1) is 11.8 Å². The third-order valence-electron chi connectivity index (χ3n) is 6.94. The minimum atomic E-state index is -1.14. The van der Waals surface area contributed by atoms with Crippen molar-refractivity contribution in [2.24, 2.45) is 23.3 Å². The lowest BCUT2D eigenvalue weighted by atomic mass is 10.00. The number of aliphatic carboxylic acids is 1. The average Bonchev–Trinajstić information content (AvgIpc) is 3.38. The van der Waals surface area contributed by atoms with Crippen LogP contribution < -0.4 is 27.4 Å². The summed E-state index contributed by atoms with van der Waals surface area (Å²) in [6, 6.07) is -4.44. The minimum absolute atomic E-state index is 0.0971. The first kappa shape index (κ1) is 35.6. The molecular formula is C27H50N6O6S. The Labute approximate surface area is 242 Å². The highest BCUT2D eigenvalue weighted by Crippen LogP contribution is 2.21. The second-order valence-electron chi connectivity index (χ2n) is 11.2. The number of likely N-dealkylation sites (tertiary alicyclic amines) is 1. The fourth-order valence-electron chi connectivity index (χ4n) is 4.65. The Kier molecular flexibility index (Phi) is 16.2. The first-order chi connectivity index (χ1) is 18.8. The maximum absolute atomic E-state index is 13.6. The van der Waals surface area contributed by atoms with Gasteiger partial charge in [-0.15, -0.1) is 0 Å². The first-order valence-corrected chi connectivity index (χ1v) is 15.6. The molecule has 8 N–H and O–H groups in total. The highest BCUT2D eigenvalue weighted by Gasteiger charge is 2.40. The maximum Gasteiger partial charge on any atom is 0.326 e. The minimum Gasteiger partial charge on any atom is -0.480 e. The standard InChI is InChI=1S/C27H50N6O6S/c1-16(2)15-20(31-23(34)18(29)9-6-7-12-28)26(37)33-13-8-10-21(33)24(35)32-22(17(3)4)25(36)30-19(27(38)39)11-14-40-5/h16-22H,6-15,28-29H2,1-5H3,(H,30,36)(H,31,34)(H,32,35)(H,38,39)/t18-,19-,20-,21-,22-/m0/s1. The SMILES string of the molecule is CSCC[C@H](NC(=O)[C@@H](NC(=O)[C@@H]1CCCN1C(=O)[C@H](CC(C)C)NC(=O)[C@@H](N)CCCCN)C(C)C)C(=O)O. The zero-order chi connectivity index (χ0) is 30.4. The zero-order valence-electron chi connectivity index (χ0n) is 24.6. The number of carbonyl (C=O) groups is 5. The van der Waals surface area contributed by atoms with Crippen molar-refractivity contribution >= 4 is 41.4 Å². The van der Waals surface area contributed by atoms with Crippen LogP contribution >= 0.6 is 11.8 Å². The molecule has 1 aliphatic heterocycles. The molecule has 4 amide bonds. The van der Waals surface area contributed by atoms with Gasteiger partial charge in [0.05, 0.1) is 6.04 Å². The van der Waals surface area contributed by atoms with E-state index in [4.69, 9.17) is 11.5 Å². The molecule has 1 heterocycles. The van der Waals surface area contributed by atoms with Crippen molar-refractivity contribution in [3.8, 4) is 0 Å².